The van der Waals surface area contributed by atoms with E-state index in [1.54, 1.807) is 36.9 Å². The Morgan fingerprint density at radius 2 is 0.811 bits per heavy atom. The molecule has 4 aromatic carbocycles. The van der Waals surface area contributed by atoms with Crippen LogP contribution in [0, 0.1) is 13.8 Å². The van der Waals surface area contributed by atoms with Gasteiger partial charge in [0.1, 0.15) is 23.0 Å². The molecule has 0 radical (unpaired) electrons. The maximum atomic E-state index is 6.40. The maximum absolute atomic E-state index is 6.40. The van der Waals surface area contributed by atoms with Crippen molar-refractivity contribution in [1.82, 2.24) is 0 Å². The second-order valence-corrected chi connectivity index (χ2v) is 16.6. The van der Waals surface area contributed by atoms with Crippen LogP contribution in [0.5, 0.6) is 23.0 Å². The fraction of sp³-hybridized carbons (Fsp3) is 0.217. The van der Waals surface area contributed by atoms with Crippen LogP contribution in [0.3, 0.4) is 0 Å². The van der Waals surface area contributed by atoms with E-state index in [9.17, 15) is 0 Å². The van der Waals surface area contributed by atoms with Crippen LogP contribution in [0.2, 0.25) is 0 Å². The zero-order valence-electron chi connectivity index (χ0n) is 31.4. The van der Waals surface area contributed by atoms with Gasteiger partial charge >= 0.3 is 0 Å². The Morgan fingerprint density at radius 1 is 0.434 bits per heavy atom. The first kappa shape index (κ1) is 36.5. The van der Waals surface area contributed by atoms with Crippen LogP contribution in [-0.2, 0) is 0 Å². The molecule has 0 fully saturated rings. The number of rotatable bonds is 12. The van der Waals surface area contributed by atoms with Gasteiger partial charge in [-0.1, -0.05) is 72.8 Å². The summed E-state index contributed by atoms with van der Waals surface area (Å²) in [6, 6.07) is 38.1. The molecule has 3 aromatic heterocycles. The van der Waals surface area contributed by atoms with Crippen molar-refractivity contribution in [1.29, 1.82) is 0 Å². The summed E-state index contributed by atoms with van der Waals surface area (Å²) in [7, 11) is 3.46. The van der Waals surface area contributed by atoms with E-state index in [2.05, 4.69) is 114 Å². The minimum absolute atomic E-state index is 0.0190. The Balaban J connectivity index is 1.42. The topological polar surface area (TPSA) is 36.9 Å². The largest absolute Gasteiger partial charge is 0.496 e. The molecule has 0 aliphatic rings. The third-order valence-corrected chi connectivity index (χ3v) is 13.2. The van der Waals surface area contributed by atoms with Crippen molar-refractivity contribution in [2.75, 3.05) is 14.2 Å². The first-order chi connectivity index (χ1) is 25.7. The molecule has 3 heterocycles. The maximum Gasteiger partial charge on any atom is 0.132 e. The van der Waals surface area contributed by atoms with E-state index in [1.165, 1.54) is 30.6 Å². The predicted molar refractivity (Wildman–Crippen MR) is 227 cm³/mol. The lowest BCUT2D eigenvalue weighted by Gasteiger charge is -2.17. The van der Waals surface area contributed by atoms with Gasteiger partial charge in [0, 0.05) is 30.6 Å². The van der Waals surface area contributed by atoms with Crippen molar-refractivity contribution < 1.29 is 18.9 Å². The second kappa shape index (κ2) is 15.7. The minimum atomic E-state index is 0.0190. The van der Waals surface area contributed by atoms with Crippen LogP contribution in [0.1, 0.15) is 38.8 Å². The Morgan fingerprint density at radius 3 is 1.17 bits per heavy atom. The molecule has 0 saturated heterocycles. The first-order valence-electron chi connectivity index (χ1n) is 17.9. The van der Waals surface area contributed by atoms with Gasteiger partial charge in [-0.05, 0) is 100 Å². The summed E-state index contributed by atoms with van der Waals surface area (Å²) in [5.41, 5.74) is 9.17. The third kappa shape index (κ3) is 7.26. The fourth-order valence-corrected chi connectivity index (χ4v) is 10.7. The number of thiophene rings is 3. The average molecular weight is 757 g/mol. The average Bonchev–Trinajstić information content (AvgIpc) is 3.87. The van der Waals surface area contributed by atoms with Crippen molar-refractivity contribution in [2.24, 2.45) is 0 Å². The quantitative estimate of drug-likeness (QED) is 0.124. The highest BCUT2D eigenvalue weighted by Gasteiger charge is 2.27. The number of methoxy groups -OCH3 is 2. The Kier molecular flexibility index (Phi) is 10.8. The van der Waals surface area contributed by atoms with E-state index in [-0.39, 0.29) is 12.2 Å². The molecule has 0 amide bonds. The Bertz CT molecular complexity index is 2180. The van der Waals surface area contributed by atoms with Crippen LogP contribution in [-0.4, -0.2) is 26.4 Å². The van der Waals surface area contributed by atoms with Gasteiger partial charge in [-0.3, -0.25) is 0 Å². The summed E-state index contributed by atoms with van der Waals surface area (Å²) in [4.78, 5) is 7.23. The van der Waals surface area contributed by atoms with Crippen molar-refractivity contribution in [3.8, 4) is 85.6 Å². The first-order valence-corrected chi connectivity index (χ1v) is 20.3. The molecule has 7 aromatic rings. The predicted octanol–water partition coefficient (Wildman–Crippen LogP) is 14.1. The monoisotopic (exact) mass is 756 g/mol. The van der Waals surface area contributed by atoms with Gasteiger partial charge in [0.25, 0.3) is 0 Å². The summed E-state index contributed by atoms with van der Waals surface area (Å²) in [5, 5.41) is 0. The Labute approximate surface area is 325 Å². The van der Waals surface area contributed by atoms with E-state index in [4.69, 9.17) is 18.9 Å². The number of hydrogen-bond donors (Lipinski definition) is 0. The molecule has 0 saturated carbocycles. The van der Waals surface area contributed by atoms with Gasteiger partial charge in [0.2, 0.25) is 0 Å². The highest BCUT2D eigenvalue weighted by Crippen LogP contribution is 2.55. The van der Waals surface area contributed by atoms with Crippen LogP contribution in [0.25, 0.3) is 62.6 Å². The number of hydrogen-bond acceptors (Lipinski definition) is 7. The molecule has 270 valence electrons. The van der Waals surface area contributed by atoms with E-state index < -0.39 is 0 Å². The van der Waals surface area contributed by atoms with Crippen LogP contribution in [0.4, 0.5) is 0 Å². The van der Waals surface area contributed by atoms with Crippen molar-refractivity contribution >= 4 is 34.0 Å². The van der Waals surface area contributed by atoms with Crippen LogP contribution < -0.4 is 18.9 Å². The molecule has 7 heteroatoms. The molecule has 53 heavy (non-hydrogen) atoms. The highest BCUT2D eigenvalue weighted by atomic mass is 32.1. The van der Waals surface area contributed by atoms with E-state index in [0.29, 0.717) is 0 Å². The molecular formula is C46H44O4S3. The Hall–Kier alpha value is -4.82. The van der Waals surface area contributed by atoms with Gasteiger partial charge in [0.15, 0.2) is 0 Å². The third-order valence-electron chi connectivity index (χ3n) is 9.12. The smallest absolute Gasteiger partial charge is 0.132 e. The number of ether oxygens (including phenoxy) is 4. The summed E-state index contributed by atoms with van der Waals surface area (Å²) in [5.74, 6) is 3.23. The lowest BCUT2D eigenvalue weighted by atomic mass is 10.00. The summed E-state index contributed by atoms with van der Waals surface area (Å²) >= 11 is 5.46. The standard InChI is InChI=1S/C46H44O4S3/c1-27(2)49-37-23-15-21-35(47-7)41(37)45-33(31-17-11-9-12-18-31)25-39(51-45)43-29(5)30(6)44(53-43)40-26-34(32-19-13-10-14-20-32)46(52-40)42-36(48-8)22-16-24-38(42)50-28(3)4/h9-28H,1-8H3. The lowest BCUT2D eigenvalue weighted by molar-refractivity contribution is 0.242. The highest BCUT2D eigenvalue weighted by molar-refractivity contribution is 7.28. The van der Waals surface area contributed by atoms with Crippen LogP contribution >= 0.6 is 34.0 Å². The normalized spacial score (nSPS) is 11.4. The van der Waals surface area contributed by atoms with Crippen molar-refractivity contribution in [3.63, 3.8) is 0 Å². The van der Waals surface area contributed by atoms with Crippen molar-refractivity contribution in [3.05, 3.63) is 120 Å². The minimum Gasteiger partial charge on any atom is -0.496 e. The fourth-order valence-electron chi connectivity index (χ4n) is 6.62. The zero-order chi connectivity index (χ0) is 37.2. The van der Waals surface area contributed by atoms with Gasteiger partial charge in [-0.15, -0.1) is 34.0 Å². The molecule has 7 rings (SSSR count). The lowest BCUT2D eigenvalue weighted by Crippen LogP contribution is -2.07. The molecule has 0 N–H and O–H groups in total. The van der Waals surface area contributed by atoms with Gasteiger partial charge in [-0.25, -0.2) is 0 Å². The van der Waals surface area contributed by atoms with Crippen LogP contribution in [0.15, 0.2) is 109 Å². The molecule has 0 spiro atoms. The van der Waals surface area contributed by atoms with Gasteiger partial charge in [-0.2, -0.15) is 0 Å². The van der Waals surface area contributed by atoms with Gasteiger partial charge in [0.05, 0.1) is 47.3 Å². The molecular weight excluding hydrogens is 713 g/mol. The zero-order valence-corrected chi connectivity index (χ0v) is 33.9. The molecule has 0 unspecified atom stereocenters. The molecule has 0 bridgehead atoms. The second-order valence-electron chi connectivity index (χ2n) is 13.4. The van der Waals surface area contributed by atoms with E-state index in [1.807, 2.05) is 47.7 Å². The van der Waals surface area contributed by atoms with E-state index >= 15 is 0 Å². The summed E-state index contributed by atoms with van der Waals surface area (Å²) in [6.45, 7) is 12.8. The number of benzene rings is 4. The summed E-state index contributed by atoms with van der Waals surface area (Å²) in [6.07, 6.45) is 0.0380. The molecule has 0 atom stereocenters. The van der Waals surface area contributed by atoms with E-state index in [0.717, 1.165) is 66.1 Å². The van der Waals surface area contributed by atoms with Gasteiger partial charge < -0.3 is 18.9 Å². The molecule has 4 nitrogen and oxygen atoms in total. The van der Waals surface area contributed by atoms with Crippen molar-refractivity contribution in [2.45, 2.75) is 53.8 Å². The summed E-state index contributed by atoms with van der Waals surface area (Å²) < 4.78 is 24.8. The molecule has 0 aliphatic carbocycles. The molecule has 0 aliphatic heterocycles. The SMILES string of the molecule is COc1cccc(OC(C)C)c1-c1sc(-c2sc(-c3cc(-c4ccccc4)c(-c4c(OC)cccc4OC(C)C)s3)c(C)c2C)cc1-c1ccccc1.